The maximum Gasteiger partial charge on any atom is 0.337 e. The van der Waals surface area contributed by atoms with Gasteiger partial charge in [0.25, 0.3) is 0 Å². The molecule has 0 aliphatic heterocycles. The van der Waals surface area contributed by atoms with E-state index in [1.807, 2.05) is 0 Å². The maximum absolute atomic E-state index is 10.8. The Bertz CT molecular complexity index is 551. The Labute approximate surface area is 103 Å². The molecule has 1 heterocycles. The number of carboxylic acids is 1. The predicted octanol–water partition coefficient (Wildman–Crippen LogP) is 2.06. The van der Waals surface area contributed by atoms with Crippen LogP contribution >= 0.6 is 0 Å². The molecule has 0 saturated carbocycles. The fourth-order valence-electron chi connectivity index (χ4n) is 1.39. The molecule has 0 unspecified atom stereocenters. The molecule has 92 valence electrons. The number of phenolic OH excluding ortho intramolecular Hbond substituents is 1. The highest BCUT2D eigenvalue weighted by Gasteiger charge is 2.04. The summed E-state index contributed by atoms with van der Waals surface area (Å²) in [7, 11) is 0. The monoisotopic (exact) mass is 245 g/mol. The number of ether oxygens (including phenoxy) is 1. The first-order valence-electron chi connectivity index (χ1n) is 5.24. The molecule has 1 aromatic heterocycles. The van der Waals surface area contributed by atoms with Crippen molar-refractivity contribution in [3.8, 4) is 11.5 Å². The third kappa shape index (κ3) is 2.98. The van der Waals surface area contributed by atoms with Crippen LogP contribution < -0.4 is 4.74 Å². The summed E-state index contributed by atoms with van der Waals surface area (Å²) < 4.78 is 5.44. The average Bonchev–Trinajstić information content (AvgIpc) is 2.38. The number of aromatic carboxylic acids is 1. The van der Waals surface area contributed by atoms with Crippen LogP contribution in [0, 0.1) is 0 Å². The summed E-state index contributed by atoms with van der Waals surface area (Å²) in [5, 5.41) is 17.9. The van der Waals surface area contributed by atoms with E-state index < -0.39 is 5.97 Å². The molecule has 1 aromatic carbocycles. The molecule has 5 nitrogen and oxygen atoms in total. The third-order valence-electron chi connectivity index (χ3n) is 2.28. The first kappa shape index (κ1) is 11.9. The number of carboxylic acid groups (broad SMARTS) is 1. The molecule has 0 fully saturated rings. The predicted molar refractivity (Wildman–Crippen MR) is 63.6 cm³/mol. The van der Waals surface area contributed by atoms with Gasteiger partial charge in [-0.3, -0.25) is 4.98 Å². The van der Waals surface area contributed by atoms with Crippen LogP contribution in [0.4, 0.5) is 0 Å². The van der Waals surface area contributed by atoms with E-state index in [2.05, 4.69) is 4.98 Å². The van der Waals surface area contributed by atoms with Crippen LogP contribution in [0.15, 0.2) is 42.7 Å². The van der Waals surface area contributed by atoms with E-state index in [0.717, 1.165) is 0 Å². The number of nitrogens with zero attached hydrogens (tertiary/aromatic N) is 1. The zero-order chi connectivity index (χ0) is 13.0. The Morgan fingerprint density at radius 2 is 1.94 bits per heavy atom. The fraction of sp³-hybridized carbons (Fsp3) is 0.0769. The fourth-order valence-corrected chi connectivity index (χ4v) is 1.39. The smallest absolute Gasteiger partial charge is 0.337 e. The Morgan fingerprint density at radius 1 is 1.22 bits per heavy atom. The summed E-state index contributed by atoms with van der Waals surface area (Å²) in [5.41, 5.74) is 0.796. The van der Waals surface area contributed by atoms with Crippen LogP contribution in [-0.4, -0.2) is 21.2 Å². The van der Waals surface area contributed by atoms with Gasteiger partial charge in [-0.15, -0.1) is 0 Å². The van der Waals surface area contributed by atoms with Gasteiger partial charge in [0.2, 0.25) is 0 Å². The number of aromatic hydroxyl groups is 1. The lowest BCUT2D eigenvalue weighted by molar-refractivity contribution is 0.0696. The molecule has 0 atom stereocenters. The van der Waals surface area contributed by atoms with Crippen LogP contribution in [0.2, 0.25) is 0 Å². The van der Waals surface area contributed by atoms with E-state index in [1.165, 1.54) is 24.4 Å². The zero-order valence-electron chi connectivity index (χ0n) is 9.41. The number of carbonyl (C=O) groups is 1. The Kier molecular flexibility index (Phi) is 3.43. The van der Waals surface area contributed by atoms with Crippen molar-refractivity contribution in [2.75, 3.05) is 0 Å². The van der Waals surface area contributed by atoms with Crippen molar-refractivity contribution in [2.45, 2.75) is 6.61 Å². The highest BCUT2D eigenvalue weighted by atomic mass is 16.5. The summed E-state index contributed by atoms with van der Waals surface area (Å²) in [6, 6.07) is 7.80. The van der Waals surface area contributed by atoms with Crippen molar-refractivity contribution in [1.29, 1.82) is 0 Å². The first-order valence-corrected chi connectivity index (χ1v) is 5.24. The van der Waals surface area contributed by atoms with Crippen LogP contribution in [0.5, 0.6) is 11.5 Å². The lowest BCUT2D eigenvalue weighted by Gasteiger charge is -2.06. The van der Waals surface area contributed by atoms with Gasteiger partial charge in [-0.2, -0.15) is 0 Å². The van der Waals surface area contributed by atoms with Crippen molar-refractivity contribution >= 4 is 5.97 Å². The molecular weight excluding hydrogens is 234 g/mol. The summed E-state index contributed by atoms with van der Waals surface area (Å²) >= 11 is 0. The third-order valence-corrected chi connectivity index (χ3v) is 2.28. The van der Waals surface area contributed by atoms with Crippen molar-refractivity contribution in [2.24, 2.45) is 0 Å². The minimum Gasteiger partial charge on any atom is -0.508 e. The second kappa shape index (κ2) is 5.18. The Hall–Kier alpha value is -2.56. The van der Waals surface area contributed by atoms with Gasteiger partial charge < -0.3 is 14.9 Å². The number of aromatic nitrogens is 1. The van der Waals surface area contributed by atoms with E-state index in [4.69, 9.17) is 14.9 Å². The van der Waals surface area contributed by atoms with Crippen LogP contribution in [-0.2, 0) is 6.61 Å². The molecule has 2 rings (SSSR count). The Balaban J connectivity index is 2.04. The lowest BCUT2D eigenvalue weighted by atomic mass is 10.2. The largest absolute Gasteiger partial charge is 0.508 e. The number of rotatable bonds is 4. The summed E-state index contributed by atoms with van der Waals surface area (Å²) in [4.78, 5) is 14.6. The minimum absolute atomic E-state index is 0.127. The van der Waals surface area contributed by atoms with E-state index in [9.17, 15) is 4.79 Å². The molecule has 18 heavy (non-hydrogen) atoms. The molecule has 0 saturated heterocycles. The van der Waals surface area contributed by atoms with Gasteiger partial charge in [0, 0.05) is 18.0 Å². The molecule has 0 aliphatic rings. The normalized spacial score (nSPS) is 10.0. The Morgan fingerprint density at radius 3 is 2.61 bits per heavy atom. The van der Waals surface area contributed by atoms with Gasteiger partial charge in [0.05, 0.1) is 5.56 Å². The summed E-state index contributed by atoms with van der Waals surface area (Å²) in [5.74, 6) is -0.264. The van der Waals surface area contributed by atoms with Gasteiger partial charge in [-0.1, -0.05) is 0 Å². The average molecular weight is 245 g/mol. The molecule has 0 spiro atoms. The number of hydrogen-bond acceptors (Lipinski definition) is 4. The van der Waals surface area contributed by atoms with Crippen LogP contribution in [0.1, 0.15) is 15.9 Å². The van der Waals surface area contributed by atoms with E-state index >= 15 is 0 Å². The molecule has 0 radical (unpaired) electrons. The molecule has 2 N–H and O–H groups in total. The van der Waals surface area contributed by atoms with Gasteiger partial charge >= 0.3 is 5.97 Å². The number of benzene rings is 1. The lowest BCUT2D eigenvalue weighted by Crippen LogP contribution is -2.01. The molecular formula is C13H11NO4. The molecule has 5 heteroatoms. The van der Waals surface area contributed by atoms with Gasteiger partial charge in [0.1, 0.15) is 18.1 Å². The van der Waals surface area contributed by atoms with Crippen molar-refractivity contribution in [3.05, 3.63) is 53.9 Å². The summed E-state index contributed by atoms with van der Waals surface area (Å²) in [6.07, 6.45) is 2.83. The van der Waals surface area contributed by atoms with E-state index in [0.29, 0.717) is 11.3 Å². The first-order chi connectivity index (χ1) is 8.65. The van der Waals surface area contributed by atoms with Gasteiger partial charge in [0.15, 0.2) is 0 Å². The highest BCUT2D eigenvalue weighted by Crippen LogP contribution is 2.17. The summed E-state index contributed by atoms with van der Waals surface area (Å²) in [6.45, 7) is 0.221. The van der Waals surface area contributed by atoms with E-state index in [1.54, 1.807) is 18.3 Å². The quantitative estimate of drug-likeness (QED) is 0.861. The maximum atomic E-state index is 10.8. The minimum atomic E-state index is -1.02. The van der Waals surface area contributed by atoms with Crippen LogP contribution in [0.3, 0.4) is 0 Å². The molecule has 0 bridgehead atoms. The second-order valence-corrected chi connectivity index (χ2v) is 3.67. The van der Waals surface area contributed by atoms with Crippen molar-refractivity contribution < 1.29 is 19.7 Å². The van der Waals surface area contributed by atoms with Crippen LogP contribution in [0.25, 0.3) is 0 Å². The number of phenols is 1. The molecule has 0 amide bonds. The number of pyridine rings is 1. The van der Waals surface area contributed by atoms with E-state index in [-0.39, 0.29) is 17.9 Å². The number of hydrogen-bond donors (Lipinski definition) is 2. The second-order valence-electron chi connectivity index (χ2n) is 3.67. The molecule has 2 aromatic rings. The zero-order valence-corrected chi connectivity index (χ0v) is 9.41. The standard InChI is InChI=1S/C13H11NO4/c15-11-1-3-12(4-2-11)18-8-9-5-10(13(16)17)7-14-6-9/h1-7,15H,8H2,(H,16,17). The van der Waals surface area contributed by atoms with Crippen molar-refractivity contribution in [1.82, 2.24) is 4.98 Å². The highest BCUT2D eigenvalue weighted by molar-refractivity contribution is 5.87. The van der Waals surface area contributed by atoms with Crippen molar-refractivity contribution in [3.63, 3.8) is 0 Å². The SMILES string of the molecule is O=C(O)c1cncc(COc2ccc(O)cc2)c1. The topological polar surface area (TPSA) is 79.7 Å². The van der Waals surface area contributed by atoms with Gasteiger partial charge in [-0.25, -0.2) is 4.79 Å². The molecule has 0 aliphatic carbocycles. The van der Waals surface area contributed by atoms with Gasteiger partial charge in [-0.05, 0) is 30.3 Å².